The van der Waals surface area contributed by atoms with Crippen LogP contribution < -0.4 is 0 Å². The molecular formula is C11H11BrO4. The van der Waals surface area contributed by atoms with Gasteiger partial charge in [-0.25, -0.2) is 4.79 Å². The van der Waals surface area contributed by atoms with Crippen molar-refractivity contribution in [2.75, 3.05) is 14.2 Å². The number of halogens is 1. The van der Waals surface area contributed by atoms with Crippen molar-refractivity contribution in [3.8, 4) is 0 Å². The molecule has 0 bridgehead atoms. The molecule has 0 unspecified atom stereocenters. The van der Waals surface area contributed by atoms with Gasteiger partial charge in [0.1, 0.15) is 4.83 Å². The first kappa shape index (κ1) is 12.7. The zero-order valence-corrected chi connectivity index (χ0v) is 10.5. The Balaban J connectivity index is 3.13. The monoisotopic (exact) mass is 286 g/mol. The molecule has 1 aromatic rings. The molecule has 0 radical (unpaired) electrons. The summed E-state index contributed by atoms with van der Waals surface area (Å²) in [4.78, 5) is 22.1. The molecule has 0 amide bonds. The van der Waals surface area contributed by atoms with Gasteiger partial charge in [0.2, 0.25) is 0 Å². The molecule has 0 saturated heterocycles. The maximum absolute atomic E-state index is 11.5. The Morgan fingerprint density at radius 1 is 1.19 bits per heavy atom. The second-order valence-electron chi connectivity index (χ2n) is 2.96. The molecule has 86 valence electrons. The molecule has 0 aliphatic heterocycles. The number of hydrogen-bond donors (Lipinski definition) is 0. The van der Waals surface area contributed by atoms with Gasteiger partial charge in [-0.15, -0.1) is 0 Å². The Morgan fingerprint density at radius 3 is 2.38 bits per heavy atom. The van der Waals surface area contributed by atoms with Gasteiger partial charge in [0, 0.05) is 0 Å². The molecule has 1 rings (SSSR count). The van der Waals surface area contributed by atoms with Crippen LogP contribution in [0.1, 0.15) is 20.7 Å². The van der Waals surface area contributed by atoms with Gasteiger partial charge < -0.3 is 9.47 Å². The SMILES string of the molecule is COC(=O)c1ccccc1[C@@H](Br)C(=O)OC. The van der Waals surface area contributed by atoms with E-state index >= 15 is 0 Å². The van der Waals surface area contributed by atoms with Gasteiger partial charge in [-0.1, -0.05) is 34.1 Å². The third-order valence-corrected chi connectivity index (χ3v) is 2.91. The number of methoxy groups -OCH3 is 2. The zero-order chi connectivity index (χ0) is 12.1. The summed E-state index contributed by atoms with van der Waals surface area (Å²) in [5.74, 6) is -0.944. The fraction of sp³-hybridized carbons (Fsp3) is 0.273. The standard InChI is InChI=1S/C11H11BrO4/c1-15-10(13)8-6-4-3-5-7(8)9(12)11(14)16-2/h3-6,9H,1-2H3/t9-/m1/s1. The molecule has 0 fully saturated rings. The largest absolute Gasteiger partial charge is 0.468 e. The number of ether oxygens (including phenoxy) is 2. The fourth-order valence-corrected chi connectivity index (χ4v) is 1.83. The molecule has 0 saturated carbocycles. The van der Waals surface area contributed by atoms with E-state index in [1.807, 2.05) is 0 Å². The van der Waals surface area contributed by atoms with Crippen LogP contribution >= 0.6 is 15.9 Å². The molecule has 16 heavy (non-hydrogen) atoms. The van der Waals surface area contributed by atoms with E-state index in [-0.39, 0.29) is 0 Å². The van der Waals surface area contributed by atoms with Crippen LogP contribution in [0.3, 0.4) is 0 Å². The van der Waals surface area contributed by atoms with E-state index in [1.54, 1.807) is 24.3 Å². The third kappa shape index (κ3) is 2.61. The van der Waals surface area contributed by atoms with Crippen molar-refractivity contribution < 1.29 is 19.1 Å². The molecule has 4 nitrogen and oxygen atoms in total. The number of rotatable bonds is 3. The zero-order valence-electron chi connectivity index (χ0n) is 8.90. The first-order valence-electron chi connectivity index (χ1n) is 4.51. The van der Waals surface area contributed by atoms with Crippen LogP contribution in [-0.2, 0) is 14.3 Å². The molecule has 0 spiro atoms. The van der Waals surface area contributed by atoms with E-state index < -0.39 is 16.8 Å². The number of carbonyl (C=O) groups is 2. The molecule has 0 aromatic heterocycles. The predicted octanol–water partition coefficient (Wildman–Crippen LogP) is 2.08. The first-order chi connectivity index (χ1) is 7.61. The summed E-state index contributed by atoms with van der Waals surface area (Å²) < 4.78 is 9.23. The minimum atomic E-state index is -0.673. The normalized spacial score (nSPS) is 11.7. The summed E-state index contributed by atoms with van der Waals surface area (Å²) in [5, 5.41) is 0. The first-order valence-corrected chi connectivity index (χ1v) is 5.42. The average Bonchev–Trinajstić information content (AvgIpc) is 2.35. The van der Waals surface area contributed by atoms with Gasteiger partial charge >= 0.3 is 11.9 Å². The lowest BCUT2D eigenvalue weighted by molar-refractivity contribution is -0.139. The van der Waals surface area contributed by atoms with E-state index in [9.17, 15) is 9.59 Å². The number of carbonyl (C=O) groups excluding carboxylic acids is 2. The Morgan fingerprint density at radius 2 is 1.81 bits per heavy atom. The Labute approximate surface area is 102 Å². The summed E-state index contributed by atoms with van der Waals surface area (Å²) in [6.07, 6.45) is 0. The second-order valence-corrected chi connectivity index (χ2v) is 3.88. The Bertz CT molecular complexity index is 403. The Hall–Kier alpha value is -1.36. The van der Waals surface area contributed by atoms with Crippen molar-refractivity contribution in [3.63, 3.8) is 0 Å². The highest BCUT2D eigenvalue weighted by atomic mass is 79.9. The number of esters is 2. The molecule has 1 aromatic carbocycles. The van der Waals surface area contributed by atoms with Crippen molar-refractivity contribution in [2.45, 2.75) is 4.83 Å². The molecular weight excluding hydrogens is 276 g/mol. The third-order valence-electron chi connectivity index (χ3n) is 2.05. The number of alkyl halides is 1. The van der Waals surface area contributed by atoms with E-state index in [4.69, 9.17) is 0 Å². The van der Waals surface area contributed by atoms with Gasteiger partial charge in [-0.05, 0) is 11.6 Å². The smallest absolute Gasteiger partial charge is 0.338 e. The lowest BCUT2D eigenvalue weighted by Gasteiger charge is -2.11. The molecule has 5 heteroatoms. The van der Waals surface area contributed by atoms with Crippen molar-refractivity contribution in [3.05, 3.63) is 35.4 Å². The van der Waals surface area contributed by atoms with Crippen molar-refractivity contribution >= 4 is 27.9 Å². The number of hydrogen-bond acceptors (Lipinski definition) is 4. The predicted molar refractivity (Wildman–Crippen MR) is 61.5 cm³/mol. The topological polar surface area (TPSA) is 52.6 Å². The average molecular weight is 287 g/mol. The van der Waals surface area contributed by atoms with Gasteiger partial charge in [0.05, 0.1) is 19.8 Å². The van der Waals surface area contributed by atoms with Crippen molar-refractivity contribution in [1.82, 2.24) is 0 Å². The summed E-state index contributed by atoms with van der Waals surface area (Å²) in [7, 11) is 2.58. The summed E-state index contributed by atoms with van der Waals surface area (Å²) in [6.45, 7) is 0. The highest BCUT2D eigenvalue weighted by molar-refractivity contribution is 9.09. The molecule has 0 heterocycles. The van der Waals surface area contributed by atoms with E-state index in [0.717, 1.165) is 0 Å². The summed E-state index contributed by atoms with van der Waals surface area (Å²) >= 11 is 3.18. The molecule has 1 atom stereocenters. The number of benzene rings is 1. The minimum Gasteiger partial charge on any atom is -0.468 e. The fourth-order valence-electron chi connectivity index (χ4n) is 1.24. The van der Waals surface area contributed by atoms with Crippen LogP contribution in [0.4, 0.5) is 0 Å². The highest BCUT2D eigenvalue weighted by Gasteiger charge is 2.23. The van der Waals surface area contributed by atoms with Gasteiger partial charge in [-0.3, -0.25) is 4.79 Å². The summed E-state index contributed by atoms with van der Waals surface area (Å²) in [6, 6.07) is 6.70. The molecule has 0 aliphatic carbocycles. The van der Waals surface area contributed by atoms with Crippen LogP contribution in [0.15, 0.2) is 24.3 Å². The van der Waals surface area contributed by atoms with Gasteiger partial charge in [0.15, 0.2) is 0 Å². The molecule has 0 N–H and O–H groups in total. The van der Waals surface area contributed by atoms with Crippen LogP contribution in [0.25, 0.3) is 0 Å². The summed E-state index contributed by atoms with van der Waals surface area (Å²) in [5.41, 5.74) is 0.874. The molecule has 0 aliphatic rings. The van der Waals surface area contributed by atoms with Crippen molar-refractivity contribution in [2.24, 2.45) is 0 Å². The highest BCUT2D eigenvalue weighted by Crippen LogP contribution is 2.27. The maximum atomic E-state index is 11.5. The van der Waals surface area contributed by atoms with Crippen LogP contribution in [0, 0.1) is 0 Å². The van der Waals surface area contributed by atoms with E-state index in [0.29, 0.717) is 11.1 Å². The quantitative estimate of drug-likeness (QED) is 0.631. The maximum Gasteiger partial charge on any atom is 0.338 e. The lowest BCUT2D eigenvalue weighted by atomic mass is 10.0. The van der Waals surface area contributed by atoms with Crippen molar-refractivity contribution in [1.29, 1.82) is 0 Å². The Kier molecular flexibility index (Phi) is 4.49. The van der Waals surface area contributed by atoms with Crippen LogP contribution in [0.5, 0.6) is 0 Å². The van der Waals surface area contributed by atoms with Gasteiger partial charge in [0.25, 0.3) is 0 Å². The lowest BCUT2D eigenvalue weighted by Crippen LogP contribution is -2.13. The second kappa shape index (κ2) is 5.65. The van der Waals surface area contributed by atoms with Crippen LogP contribution in [-0.4, -0.2) is 26.2 Å². The van der Waals surface area contributed by atoms with E-state index in [2.05, 4.69) is 25.4 Å². The minimum absolute atomic E-state index is 0.345. The van der Waals surface area contributed by atoms with E-state index in [1.165, 1.54) is 14.2 Å². The van der Waals surface area contributed by atoms with Crippen LogP contribution in [0.2, 0.25) is 0 Å². The van der Waals surface area contributed by atoms with Gasteiger partial charge in [-0.2, -0.15) is 0 Å².